The van der Waals surface area contributed by atoms with E-state index in [-0.39, 0.29) is 16.2 Å². The van der Waals surface area contributed by atoms with Crippen LogP contribution in [0.5, 0.6) is 5.75 Å². The number of ether oxygens (including phenoxy) is 1. The predicted molar refractivity (Wildman–Crippen MR) is 149 cm³/mol. The molecule has 0 spiro atoms. The predicted octanol–water partition coefficient (Wildman–Crippen LogP) is 4.28. The molecule has 210 valence electrons. The summed E-state index contributed by atoms with van der Waals surface area (Å²) in [6.45, 7) is 8.38. The van der Waals surface area contributed by atoms with Gasteiger partial charge >= 0.3 is 0 Å². The molecule has 1 aliphatic heterocycles. The molecule has 1 saturated carbocycles. The minimum atomic E-state index is -3.66. The number of allylic oxidation sites excluding steroid dienone is 1. The third-order valence-corrected chi connectivity index (χ3v) is 11.0. The van der Waals surface area contributed by atoms with Crippen molar-refractivity contribution in [1.29, 1.82) is 0 Å². The van der Waals surface area contributed by atoms with Crippen LogP contribution in [-0.2, 0) is 10.0 Å². The lowest BCUT2D eigenvalue weighted by molar-refractivity contribution is -0.0105. The monoisotopic (exact) mass is 555 g/mol. The van der Waals surface area contributed by atoms with Crippen molar-refractivity contribution < 1.29 is 22.3 Å². The minimum absolute atomic E-state index is 0.00432. The Hall–Kier alpha value is -2.75. The SMILES string of the molecule is COc1ccc(C(=O)N(CCN2CCN(S(=O)(=O)c3ccc(F)cc3)CC2)CC2=CCC3CC2C3(C)C)cc1. The average molecular weight is 556 g/mol. The van der Waals surface area contributed by atoms with Gasteiger partial charge in [-0.2, -0.15) is 4.31 Å². The number of benzene rings is 2. The van der Waals surface area contributed by atoms with Gasteiger partial charge in [-0.1, -0.05) is 25.5 Å². The molecule has 2 atom stereocenters. The number of sulfonamides is 1. The molecule has 0 aromatic heterocycles. The summed E-state index contributed by atoms with van der Waals surface area (Å²) in [7, 11) is -2.05. The zero-order chi connectivity index (χ0) is 27.8. The number of amides is 1. The number of halogens is 1. The zero-order valence-corrected chi connectivity index (χ0v) is 23.8. The van der Waals surface area contributed by atoms with Crippen LogP contribution >= 0.6 is 0 Å². The lowest BCUT2D eigenvalue weighted by atomic mass is 9.49. The molecule has 0 N–H and O–H groups in total. The summed E-state index contributed by atoms with van der Waals surface area (Å²) in [6.07, 6.45) is 4.62. The van der Waals surface area contributed by atoms with Crippen molar-refractivity contribution in [1.82, 2.24) is 14.1 Å². The van der Waals surface area contributed by atoms with Crippen LogP contribution in [0.4, 0.5) is 4.39 Å². The van der Waals surface area contributed by atoms with Gasteiger partial charge in [-0.05, 0) is 78.6 Å². The van der Waals surface area contributed by atoms with E-state index in [1.165, 1.54) is 40.6 Å². The summed E-state index contributed by atoms with van der Waals surface area (Å²) in [6, 6.07) is 12.2. The van der Waals surface area contributed by atoms with Crippen molar-refractivity contribution in [3.05, 3.63) is 71.6 Å². The number of methoxy groups -OCH3 is 1. The number of piperazine rings is 1. The topological polar surface area (TPSA) is 70.2 Å². The normalized spacial score (nSPS) is 23.0. The Kier molecular flexibility index (Phi) is 7.86. The van der Waals surface area contributed by atoms with Crippen LogP contribution in [0.3, 0.4) is 0 Å². The van der Waals surface area contributed by atoms with Crippen molar-refractivity contribution in [2.75, 3.05) is 52.9 Å². The van der Waals surface area contributed by atoms with Crippen LogP contribution in [0.25, 0.3) is 0 Å². The Morgan fingerprint density at radius 2 is 1.72 bits per heavy atom. The van der Waals surface area contributed by atoms with Crippen molar-refractivity contribution in [2.45, 2.75) is 31.6 Å². The number of hydrogen-bond acceptors (Lipinski definition) is 5. The summed E-state index contributed by atoms with van der Waals surface area (Å²) in [5, 5.41) is 0. The van der Waals surface area contributed by atoms with Crippen LogP contribution in [0.1, 0.15) is 37.0 Å². The first-order valence-electron chi connectivity index (χ1n) is 13.7. The fraction of sp³-hybridized carbons (Fsp3) is 0.500. The summed E-state index contributed by atoms with van der Waals surface area (Å²) in [5.41, 5.74) is 2.28. The zero-order valence-electron chi connectivity index (χ0n) is 23.0. The molecule has 1 amide bonds. The molecule has 7 nitrogen and oxygen atoms in total. The smallest absolute Gasteiger partial charge is 0.254 e. The Balaban J connectivity index is 1.24. The third-order valence-electron chi connectivity index (χ3n) is 9.05. The summed E-state index contributed by atoms with van der Waals surface area (Å²) >= 11 is 0. The first kappa shape index (κ1) is 27.8. The van der Waals surface area contributed by atoms with Crippen LogP contribution in [-0.4, -0.2) is 81.4 Å². The van der Waals surface area contributed by atoms with Gasteiger partial charge in [-0.15, -0.1) is 0 Å². The second-order valence-corrected chi connectivity index (χ2v) is 13.4. The molecule has 2 aromatic rings. The Morgan fingerprint density at radius 1 is 1.05 bits per heavy atom. The van der Waals surface area contributed by atoms with E-state index in [0.717, 1.165) is 12.3 Å². The van der Waals surface area contributed by atoms with Crippen LogP contribution in [0.15, 0.2) is 65.1 Å². The van der Waals surface area contributed by atoms with Gasteiger partial charge in [0.05, 0.1) is 12.0 Å². The number of nitrogens with zero attached hydrogens (tertiary/aromatic N) is 3. The van der Waals surface area contributed by atoms with Gasteiger partial charge in [0.25, 0.3) is 5.91 Å². The summed E-state index contributed by atoms with van der Waals surface area (Å²) in [5.74, 6) is 1.50. The minimum Gasteiger partial charge on any atom is -0.497 e. The van der Waals surface area contributed by atoms with Crippen molar-refractivity contribution in [2.24, 2.45) is 17.3 Å². The fourth-order valence-electron chi connectivity index (χ4n) is 6.26. The highest BCUT2D eigenvalue weighted by atomic mass is 32.2. The Labute approximate surface area is 231 Å². The van der Waals surface area contributed by atoms with Gasteiger partial charge in [-0.3, -0.25) is 9.69 Å². The standard InChI is InChI=1S/C30H38FN3O4S/c1-30(2)24-7-4-23(28(30)20-24)21-33(29(35)22-5-10-26(38-3)11-6-22)17-14-32-15-18-34(19-16-32)39(36,37)27-12-8-25(31)9-13-27/h4-6,8-13,24,28H,7,14-21H2,1-3H3. The lowest BCUT2D eigenvalue weighted by Gasteiger charge is -2.57. The van der Waals surface area contributed by atoms with E-state index in [2.05, 4.69) is 24.8 Å². The molecule has 2 unspecified atom stereocenters. The third kappa shape index (κ3) is 5.62. The van der Waals surface area contributed by atoms with Crippen LogP contribution in [0.2, 0.25) is 0 Å². The van der Waals surface area contributed by atoms with Gasteiger partial charge in [0.1, 0.15) is 11.6 Å². The van der Waals surface area contributed by atoms with E-state index in [1.807, 2.05) is 29.2 Å². The Morgan fingerprint density at radius 3 is 2.31 bits per heavy atom. The van der Waals surface area contributed by atoms with Gasteiger partial charge in [0.15, 0.2) is 0 Å². The van der Waals surface area contributed by atoms with E-state index in [9.17, 15) is 17.6 Å². The molecule has 3 aliphatic carbocycles. The van der Waals surface area contributed by atoms with Gasteiger partial charge in [0, 0.05) is 51.4 Å². The van der Waals surface area contributed by atoms with E-state index in [4.69, 9.17) is 4.74 Å². The average Bonchev–Trinajstić information content (AvgIpc) is 2.95. The van der Waals surface area contributed by atoms with Gasteiger partial charge in [-0.25, -0.2) is 12.8 Å². The quantitative estimate of drug-likeness (QED) is 0.432. The maximum absolute atomic E-state index is 13.7. The van der Waals surface area contributed by atoms with E-state index in [1.54, 1.807) is 7.11 Å². The molecule has 9 heteroatoms. The second-order valence-electron chi connectivity index (χ2n) is 11.5. The molecule has 1 heterocycles. The number of carbonyl (C=O) groups excluding carboxylic acids is 1. The first-order chi connectivity index (χ1) is 18.6. The summed E-state index contributed by atoms with van der Waals surface area (Å²) in [4.78, 5) is 17.9. The van der Waals surface area contributed by atoms with E-state index < -0.39 is 15.8 Å². The maximum Gasteiger partial charge on any atom is 0.254 e. The fourth-order valence-corrected chi connectivity index (χ4v) is 7.68. The van der Waals surface area contributed by atoms with Gasteiger partial charge in [0.2, 0.25) is 10.0 Å². The Bertz CT molecular complexity index is 1320. The highest BCUT2D eigenvalue weighted by molar-refractivity contribution is 7.89. The maximum atomic E-state index is 13.7. The second kappa shape index (κ2) is 11.0. The molecule has 2 aromatic carbocycles. The molecule has 2 fully saturated rings. The first-order valence-corrected chi connectivity index (χ1v) is 15.1. The number of fused-ring (bicyclic) bond motifs is 1. The number of rotatable bonds is 9. The van der Waals surface area contributed by atoms with Crippen LogP contribution < -0.4 is 4.74 Å². The number of carbonyl (C=O) groups is 1. The molecule has 2 bridgehead atoms. The molecule has 0 radical (unpaired) electrons. The lowest BCUT2D eigenvalue weighted by Crippen LogP contribution is -2.52. The molecular formula is C30H38FN3O4S. The van der Waals surface area contributed by atoms with E-state index >= 15 is 0 Å². The molecule has 39 heavy (non-hydrogen) atoms. The van der Waals surface area contributed by atoms with Crippen molar-refractivity contribution in [3.8, 4) is 5.75 Å². The number of hydrogen-bond donors (Lipinski definition) is 0. The van der Waals surface area contributed by atoms with Gasteiger partial charge < -0.3 is 9.64 Å². The molecule has 4 aliphatic rings. The molecule has 6 rings (SSSR count). The van der Waals surface area contributed by atoms with Crippen molar-refractivity contribution >= 4 is 15.9 Å². The molecule has 1 saturated heterocycles. The highest BCUT2D eigenvalue weighted by Crippen LogP contribution is 2.59. The van der Waals surface area contributed by atoms with Crippen molar-refractivity contribution in [3.63, 3.8) is 0 Å². The van der Waals surface area contributed by atoms with Crippen LogP contribution in [0, 0.1) is 23.1 Å². The highest BCUT2D eigenvalue weighted by Gasteiger charge is 2.51. The molecular weight excluding hydrogens is 517 g/mol. The van der Waals surface area contributed by atoms with E-state index in [0.29, 0.717) is 63.0 Å². The summed E-state index contributed by atoms with van der Waals surface area (Å²) < 4.78 is 46.0. The largest absolute Gasteiger partial charge is 0.497 e.